The molecular weight excluding hydrogens is 372 g/mol. The molecule has 0 radical (unpaired) electrons. The highest BCUT2D eigenvalue weighted by Gasteiger charge is 2.18. The van der Waals surface area contributed by atoms with Gasteiger partial charge in [-0.05, 0) is 73.4 Å². The molecule has 0 saturated carbocycles. The number of hydrogen-bond donors (Lipinski definition) is 1. The van der Waals surface area contributed by atoms with Gasteiger partial charge in [-0.15, -0.1) is 0 Å². The Hall–Kier alpha value is -1.37. The van der Waals surface area contributed by atoms with Crippen LogP contribution in [0.3, 0.4) is 0 Å². The maximum Gasteiger partial charge on any atom is 0.156 e. The van der Waals surface area contributed by atoms with Gasteiger partial charge in [0.05, 0.1) is 6.20 Å². The minimum atomic E-state index is 0.109. The summed E-state index contributed by atoms with van der Waals surface area (Å²) in [5.74, 6) is 0. The number of benzene rings is 1. The van der Waals surface area contributed by atoms with Crippen molar-refractivity contribution in [3.63, 3.8) is 0 Å². The Morgan fingerprint density at radius 1 is 1.26 bits per heavy atom. The predicted molar refractivity (Wildman–Crippen MR) is 100 cm³/mol. The zero-order chi connectivity index (χ0) is 16.6. The van der Waals surface area contributed by atoms with Gasteiger partial charge in [0.1, 0.15) is 10.1 Å². The SMILES string of the molecule is CN(Sc1cccc(-c2c[nH]c3ncc(Br)nc23)c1)C(C)(C)C. The topological polar surface area (TPSA) is 44.8 Å². The molecule has 120 valence electrons. The molecule has 2 heterocycles. The van der Waals surface area contributed by atoms with Gasteiger partial charge in [-0.25, -0.2) is 14.3 Å². The standard InChI is InChI=1S/C17H19BrN4S/c1-17(2,3)22(4)23-12-7-5-6-11(8-12)13-9-19-16-15(13)21-14(18)10-20-16/h5-10H,1-4H3,(H,19,20). The summed E-state index contributed by atoms with van der Waals surface area (Å²) in [7, 11) is 2.12. The molecule has 0 fully saturated rings. The van der Waals surface area contributed by atoms with E-state index in [1.54, 1.807) is 18.1 Å². The maximum absolute atomic E-state index is 4.55. The summed E-state index contributed by atoms with van der Waals surface area (Å²) in [4.78, 5) is 13.3. The lowest BCUT2D eigenvalue weighted by atomic mass is 10.1. The number of halogens is 1. The summed E-state index contributed by atoms with van der Waals surface area (Å²) in [6, 6.07) is 8.51. The monoisotopic (exact) mass is 390 g/mol. The fourth-order valence-electron chi connectivity index (χ4n) is 2.11. The molecule has 1 N–H and O–H groups in total. The van der Waals surface area contributed by atoms with Gasteiger partial charge in [-0.3, -0.25) is 0 Å². The van der Waals surface area contributed by atoms with E-state index in [2.05, 4.69) is 87.3 Å². The van der Waals surface area contributed by atoms with E-state index in [9.17, 15) is 0 Å². The summed E-state index contributed by atoms with van der Waals surface area (Å²) >= 11 is 5.14. The van der Waals surface area contributed by atoms with Crippen LogP contribution in [0.25, 0.3) is 22.3 Å². The highest BCUT2D eigenvalue weighted by Crippen LogP contribution is 2.33. The van der Waals surface area contributed by atoms with Gasteiger partial charge in [-0.2, -0.15) is 0 Å². The van der Waals surface area contributed by atoms with Gasteiger partial charge < -0.3 is 4.98 Å². The van der Waals surface area contributed by atoms with E-state index in [1.165, 1.54) is 4.90 Å². The third-order valence-electron chi connectivity index (χ3n) is 3.68. The minimum absolute atomic E-state index is 0.109. The van der Waals surface area contributed by atoms with Crippen molar-refractivity contribution < 1.29 is 0 Å². The van der Waals surface area contributed by atoms with E-state index >= 15 is 0 Å². The van der Waals surface area contributed by atoms with E-state index in [0.717, 1.165) is 26.9 Å². The highest BCUT2D eigenvalue weighted by atomic mass is 79.9. The van der Waals surface area contributed by atoms with E-state index in [4.69, 9.17) is 0 Å². The molecule has 1 aromatic carbocycles. The van der Waals surface area contributed by atoms with Crippen molar-refractivity contribution >= 4 is 39.0 Å². The molecule has 0 atom stereocenters. The molecule has 3 aromatic rings. The second-order valence-corrected chi connectivity index (χ2v) is 8.39. The van der Waals surface area contributed by atoms with E-state index in [0.29, 0.717) is 0 Å². The molecule has 0 bridgehead atoms. The van der Waals surface area contributed by atoms with Crippen molar-refractivity contribution in [3.05, 3.63) is 41.3 Å². The van der Waals surface area contributed by atoms with Crippen molar-refractivity contribution in [1.82, 2.24) is 19.3 Å². The first-order valence-electron chi connectivity index (χ1n) is 7.36. The number of aromatic amines is 1. The number of rotatable bonds is 3. The summed E-state index contributed by atoms with van der Waals surface area (Å²) < 4.78 is 3.00. The lowest BCUT2D eigenvalue weighted by Crippen LogP contribution is -2.32. The van der Waals surface area contributed by atoms with Crippen LogP contribution >= 0.6 is 27.9 Å². The molecule has 0 unspecified atom stereocenters. The zero-order valence-corrected chi connectivity index (χ0v) is 16.0. The van der Waals surface area contributed by atoms with E-state index in [-0.39, 0.29) is 5.54 Å². The van der Waals surface area contributed by atoms with Crippen LogP contribution in [0.4, 0.5) is 0 Å². The van der Waals surface area contributed by atoms with Crippen LogP contribution in [0.15, 0.2) is 46.2 Å². The van der Waals surface area contributed by atoms with Gasteiger partial charge >= 0.3 is 0 Å². The molecule has 0 amide bonds. The van der Waals surface area contributed by atoms with Gasteiger partial charge in [0.2, 0.25) is 0 Å². The second kappa shape index (κ2) is 6.26. The fourth-order valence-corrected chi connectivity index (χ4v) is 3.29. The summed E-state index contributed by atoms with van der Waals surface area (Å²) in [6.45, 7) is 6.61. The molecule has 0 aliphatic carbocycles. The number of nitrogens with one attached hydrogen (secondary N) is 1. The Kier molecular flexibility index (Phi) is 4.49. The third kappa shape index (κ3) is 3.59. The smallest absolute Gasteiger partial charge is 0.156 e. The average molecular weight is 391 g/mol. The molecule has 3 rings (SSSR count). The Morgan fingerprint density at radius 2 is 2.04 bits per heavy atom. The molecule has 0 aliphatic rings. The van der Waals surface area contributed by atoms with E-state index in [1.807, 2.05) is 6.20 Å². The molecule has 0 spiro atoms. The Labute approximate surface area is 149 Å². The number of fused-ring (bicyclic) bond motifs is 1. The molecule has 0 saturated heterocycles. The normalized spacial score (nSPS) is 12.3. The van der Waals surface area contributed by atoms with Crippen LogP contribution in [-0.2, 0) is 0 Å². The number of hydrogen-bond acceptors (Lipinski definition) is 4. The van der Waals surface area contributed by atoms with Crippen LogP contribution in [-0.4, -0.2) is 31.8 Å². The van der Waals surface area contributed by atoms with Crippen LogP contribution < -0.4 is 0 Å². The number of nitrogens with zero attached hydrogens (tertiary/aromatic N) is 3. The Balaban J connectivity index is 1.97. The summed E-state index contributed by atoms with van der Waals surface area (Å²) in [6.07, 6.45) is 3.67. The summed E-state index contributed by atoms with van der Waals surface area (Å²) in [5, 5.41) is 0. The van der Waals surface area contributed by atoms with Crippen molar-refractivity contribution in [2.24, 2.45) is 0 Å². The van der Waals surface area contributed by atoms with Gasteiger partial charge in [0.15, 0.2) is 5.65 Å². The average Bonchev–Trinajstić information content (AvgIpc) is 2.89. The number of aromatic nitrogens is 3. The van der Waals surface area contributed by atoms with Crippen molar-refractivity contribution in [1.29, 1.82) is 0 Å². The fraction of sp³-hybridized carbons (Fsp3) is 0.294. The third-order valence-corrected chi connectivity index (χ3v) is 5.35. The first kappa shape index (κ1) is 16.5. The van der Waals surface area contributed by atoms with Gasteiger partial charge in [0.25, 0.3) is 0 Å². The molecular formula is C17H19BrN4S. The molecule has 23 heavy (non-hydrogen) atoms. The first-order valence-corrected chi connectivity index (χ1v) is 8.93. The van der Waals surface area contributed by atoms with Crippen molar-refractivity contribution in [2.45, 2.75) is 31.2 Å². The van der Waals surface area contributed by atoms with E-state index < -0.39 is 0 Å². The molecule has 0 aliphatic heterocycles. The van der Waals surface area contributed by atoms with Crippen LogP contribution in [0.1, 0.15) is 20.8 Å². The molecule has 6 heteroatoms. The number of H-pyrrole nitrogens is 1. The Bertz CT molecular complexity index is 838. The lowest BCUT2D eigenvalue weighted by molar-refractivity contribution is 0.319. The van der Waals surface area contributed by atoms with Crippen LogP contribution in [0.5, 0.6) is 0 Å². The Morgan fingerprint density at radius 3 is 2.78 bits per heavy atom. The maximum atomic E-state index is 4.55. The first-order chi connectivity index (χ1) is 10.8. The second-order valence-electron chi connectivity index (χ2n) is 6.38. The predicted octanol–water partition coefficient (Wildman–Crippen LogP) is 5.12. The van der Waals surface area contributed by atoms with Crippen LogP contribution in [0.2, 0.25) is 0 Å². The van der Waals surface area contributed by atoms with Crippen LogP contribution in [0, 0.1) is 0 Å². The van der Waals surface area contributed by atoms with Crippen molar-refractivity contribution in [2.75, 3.05) is 7.05 Å². The quantitative estimate of drug-likeness (QED) is 0.629. The largest absolute Gasteiger partial charge is 0.344 e. The molecule has 4 nitrogen and oxygen atoms in total. The zero-order valence-electron chi connectivity index (χ0n) is 13.6. The highest BCUT2D eigenvalue weighted by molar-refractivity contribution is 9.10. The van der Waals surface area contributed by atoms with Crippen molar-refractivity contribution in [3.8, 4) is 11.1 Å². The lowest BCUT2D eigenvalue weighted by Gasteiger charge is -2.30. The molecule has 2 aromatic heterocycles. The van der Waals surface area contributed by atoms with Gasteiger partial charge in [-0.1, -0.05) is 12.1 Å². The van der Waals surface area contributed by atoms with Gasteiger partial charge in [0, 0.05) is 22.2 Å². The summed E-state index contributed by atoms with van der Waals surface area (Å²) in [5.41, 5.74) is 3.99. The minimum Gasteiger partial charge on any atom is -0.344 e.